The number of rotatable bonds is 12. The average Bonchev–Trinajstić information content (AvgIpc) is 3.35. The van der Waals surface area contributed by atoms with E-state index in [0.29, 0.717) is 24.9 Å². The van der Waals surface area contributed by atoms with Crippen LogP contribution in [0.15, 0.2) is 85.1 Å². The predicted octanol–water partition coefficient (Wildman–Crippen LogP) is 4.26. The van der Waals surface area contributed by atoms with E-state index in [4.69, 9.17) is 5.73 Å². The first-order chi connectivity index (χ1) is 18.8. The Morgan fingerprint density at radius 3 is 2.28 bits per heavy atom. The molecule has 0 radical (unpaired) electrons. The first kappa shape index (κ1) is 27.6. The van der Waals surface area contributed by atoms with Gasteiger partial charge >= 0.3 is 5.97 Å². The van der Waals surface area contributed by atoms with Crippen LogP contribution in [-0.2, 0) is 16.0 Å². The molecule has 39 heavy (non-hydrogen) atoms. The summed E-state index contributed by atoms with van der Waals surface area (Å²) in [5, 5.41) is 16.2. The third kappa shape index (κ3) is 6.72. The van der Waals surface area contributed by atoms with Gasteiger partial charge in [0, 0.05) is 29.1 Å². The van der Waals surface area contributed by atoms with Gasteiger partial charge in [-0.15, -0.1) is 0 Å². The number of fused-ring (bicyclic) bond motifs is 1. The van der Waals surface area contributed by atoms with Crippen LogP contribution in [0.2, 0.25) is 0 Å². The molecule has 8 nitrogen and oxygen atoms in total. The Balaban J connectivity index is 1.59. The second kappa shape index (κ2) is 12.4. The number of aromatic amines is 1. The van der Waals surface area contributed by atoms with Crippen molar-refractivity contribution in [1.82, 2.24) is 15.6 Å². The molecule has 0 bridgehead atoms. The molecular weight excluding hydrogens is 492 g/mol. The Hall–Kier alpha value is -4.43. The molecule has 0 saturated heterocycles. The van der Waals surface area contributed by atoms with Gasteiger partial charge in [0.05, 0.1) is 0 Å². The quantitative estimate of drug-likeness (QED) is 0.176. The number of nitrogens with two attached hydrogens (primary N) is 1. The van der Waals surface area contributed by atoms with Crippen molar-refractivity contribution < 1.29 is 19.5 Å². The fraction of sp³-hybridized carbons (Fsp3) is 0.258. The molecule has 0 aliphatic rings. The Kier molecular flexibility index (Phi) is 8.78. The van der Waals surface area contributed by atoms with Gasteiger partial charge in [-0.05, 0) is 67.6 Å². The number of aliphatic carboxylic acids is 1. The Morgan fingerprint density at radius 2 is 1.59 bits per heavy atom. The number of para-hydroxylation sites is 1. The van der Waals surface area contributed by atoms with Crippen LogP contribution in [-0.4, -0.2) is 46.0 Å². The molecule has 202 valence electrons. The van der Waals surface area contributed by atoms with Crippen LogP contribution in [0.1, 0.15) is 42.1 Å². The van der Waals surface area contributed by atoms with Crippen LogP contribution in [0.3, 0.4) is 0 Å². The Morgan fingerprint density at radius 1 is 0.923 bits per heavy atom. The molecule has 0 aliphatic heterocycles. The zero-order valence-corrected chi connectivity index (χ0v) is 21.9. The van der Waals surface area contributed by atoms with Crippen LogP contribution in [0.5, 0.6) is 0 Å². The van der Waals surface area contributed by atoms with E-state index in [2.05, 4.69) is 15.6 Å². The van der Waals surface area contributed by atoms with Crippen LogP contribution in [0, 0.1) is 0 Å². The number of aromatic nitrogens is 1. The van der Waals surface area contributed by atoms with Crippen molar-refractivity contribution in [3.05, 3.63) is 96.2 Å². The van der Waals surface area contributed by atoms with E-state index in [1.165, 1.54) is 0 Å². The molecule has 4 rings (SSSR count). The zero-order chi connectivity index (χ0) is 27.8. The third-order valence-corrected chi connectivity index (χ3v) is 6.91. The number of hydrogen-bond acceptors (Lipinski definition) is 4. The van der Waals surface area contributed by atoms with E-state index in [0.717, 1.165) is 27.6 Å². The van der Waals surface area contributed by atoms with Gasteiger partial charge in [-0.25, -0.2) is 4.79 Å². The van der Waals surface area contributed by atoms with Crippen molar-refractivity contribution in [3.8, 4) is 11.1 Å². The van der Waals surface area contributed by atoms with Crippen molar-refractivity contribution >= 4 is 28.7 Å². The smallest absolute Gasteiger partial charge is 0.326 e. The second-order valence-electron chi connectivity index (χ2n) is 9.91. The number of carbonyl (C=O) groups excluding carboxylic acids is 2. The number of benzene rings is 3. The lowest BCUT2D eigenvalue weighted by Gasteiger charge is -2.31. The maximum absolute atomic E-state index is 13.7. The van der Waals surface area contributed by atoms with E-state index in [1.54, 1.807) is 19.1 Å². The van der Waals surface area contributed by atoms with E-state index < -0.39 is 29.4 Å². The molecule has 1 aromatic heterocycles. The molecule has 4 aromatic rings. The summed E-state index contributed by atoms with van der Waals surface area (Å²) in [5.74, 6) is -2.12. The van der Waals surface area contributed by atoms with Gasteiger partial charge in [-0.1, -0.05) is 60.7 Å². The highest BCUT2D eigenvalue weighted by molar-refractivity contribution is 6.00. The number of carbonyl (C=O) groups is 3. The first-order valence-corrected chi connectivity index (χ1v) is 13.1. The fourth-order valence-corrected chi connectivity index (χ4v) is 4.68. The Bertz CT molecular complexity index is 1430. The van der Waals surface area contributed by atoms with Crippen LogP contribution >= 0.6 is 0 Å². The highest BCUT2D eigenvalue weighted by Gasteiger charge is 2.38. The van der Waals surface area contributed by atoms with Crippen molar-refractivity contribution in [2.75, 3.05) is 6.54 Å². The third-order valence-electron chi connectivity index (χ3n) is 6.91. The summed E-state index contributed by atoms with van der Waals surface area (Å²) in [7, 11) is 0. The molecule has 2 atom stereocenters. The molecule has 1 heterocycles. The number of amides is 2. The van der Waals surface area contributed by atoms with Gasteiger partial charge < -0.3 is 26.5 Å². The van der Waals surface area contributed by atoms with Gasteiger partial charge in [-0.2, -0.15) is 0 Å². The normalized spacial score (nSPS) is 13.4. The lowest BCUT2D eigenvalue weighted by Crippen LogP contribution is -2.60. The summed E-state index contributed by atoms with van der Waals surface area (Å²) in [6, 6.07) is 23.6. The van der Waals surface area contributed by atoms with Gasteiger partial charge in [-0.3, -0.25) is 9.59 Å². The molecule has 0 aliphatic carbocycles. The average molecular weight is 527 g/mol. The predicted molar refractivity (Wildman–Crippen MR) is 152 cm³/mol. The monoisotopic (exact) mass is 526 g/mol. The Labute approximate surface area is 227 Å². The number of carboxylic acids is 1. The van der Waals surface area contributed by atoms with Gasteiger partial charge in [0.1, 0.15) is 11.6 Å². The van der Waals surface area contributed by atoms with Gasteiger partial charge in [0.15, 0.2) is 0 Å². The summed E-state index contributed by atoms with van der Waals surface area (Å²) < 4.78 is 0. The summed E-state index contributed by atoms with van der Waals surface area (Å²) in [6.07, 6.45) is 3.43. The van der Waals surface area contributed by atoms with Gasteiger partial charge in [0.2, 0.25) is 5.91 Å². The molecule has 6 N–H and O–H groups in total. The molecule has 0 fully saturated rings. The fourth-order valence-electron chi connectivity index (χ4n) is 4.68. The van der Waals surface area contributed by atoms with Crippen molar-refractivity contribution in [2.45, 2.75) is 44.2 Å². The SMILES string of the molecule is CC(Cc1c[nH]c2ccccc12)(NC(=O)c1ccc(-c2ccccc2)cc1)C(=O)NC(CCCCN)C(=O)O. The number of H-pyrrole nitrogens is 1. The molecular formula is C31H34N4O4. The number of nitrogens with one attached hydrogen (secondary N) is 3. The molecule has 3 aromatic carbocycles. The number of carboxylic acid groups (broad SMARTS) is 1. The van der Waals surface area contributed by atoms with Crippen molar-refractivity contribution in [2.24, 2.45) is 5.73 Å². The highest BCUT2D eigenvalue weighted by atomic mass is 16.4. The summed E-state index contributed by atoms with van der Waals surface area (Å²) in [6.45, 7) is 2.07. The number of unbranched alkanes of at least 4 members (excludes halogenated alkanes) is 1. The summed E-state index contributed by atoms with van der Waals surface area (Å²) in [4.78, 5) is 42.2. The lowest BCUT2D eigenvalue weighted by atomic mass is 9.90. The molecule has 0 spiro atoms. The zero-order valence-electron chi connectivity index (χ0n) is 21.9. The standard InChI is InChI=1S/C31H34N4O4/c1-31(19-24-20-33-26-12-6-5-11-25(24)26,30(39)34-27(29(37)38)13-7-8-18-32)35-28(36)23-16-14-22(15-17-23)21-9-3-2-4-10-21/h2-6,9-12,14-17,20,27,33H,7-8,13,18-19,32H2,1H3,(H,34,39)(H,35,36)(H,37,38). The van der Waals surface area contributed by atoms with E-state index in [9.17, 15) is 19.5 Å². The molecule has 2 unspecified atom stereocenters. The summed E-state index contributed by atoms with van der Waals surface area (Å²) in [5.41, 5.74) is 8.25. The van der Waals surface area contributed by atoms with Crippen LogP contribution in [0.25, 0.3) is 22.0 Å². The summed E-state index contributed by atoms with van der Waals surface area (Å²) >= 11 is 0. The number of hydrogen-bond donors (Lipinski definition) is 5. The van der Waals surface area contributed by atoms with Crippen LogP contribution in [0.4, 0.5) is 0 Å². The largest absolute Gasteiger partial charge is 0.480 e. The van der Waals surface area contributed by atoms with E-state index in [1.807, 2.05) is 72.9 Å². The minimum atomic E-state index is -1.43. The van der Waals surface area contributed by atoms with Crippen molar-refractivity contribution in [1.29, 1.82) is 0 Å². The molecule has 0 saturated carbocycles. The van der Waals surface area contributed by atoms with E-state index in [-0.39, 0.29) is 12.8 Å². The minimum Gasteiger partial charge on any atom is -0.480 e. The van der Waals surface area contributed by atoms with Gasteiger partial charge in [0.25, 0.3) is 5.91 Å². The van der Waals surface area contributed by atoms with Crippen molar-refractivity contribution in [3.63, 3.8) is 0 Å². The second-order valence-corrected chi connectivity index (χ2v) is 9.91. The van der Waals surface area contributed by atoms with E-state index >= 15 is 0 Å². The molecule has 8 heteroatoms. The van der Waals surface area contributed by atoms with Crippen LogP contribution < -0.4 is 16.4 Å². The maximum Gasteiger partial charge on any atom is 0.326 e. The topological polar surface area (TPSA) is 137 Å². The first-order valence-electron chi connectivity index (χ1n) is 13.1. The molecule has 2 amide bonds. The lowest BCUT2D eigenvalue weighted by molar-refractivity contribution is -0.143. The minimum absolute atomic E-state index is 0.159. The highest BCUT2D eigenvalue weighted by Crippen LogP contribution is 2.24. The maximum atomic E-state index is 13.7.